The second-order valence-electron chi connectivity index (χ2n) is 7.06. The third kappa shape index (κ3) is 6.63. The van der Waals surface area contributed by atoms with E-state index in [1.54, 1.807) is 4.68 Å². The molecule has 0 saturated carbocycles. The van der Waals surface area contributed by atoms with Gasteiger partial charge in [0.05, 0.1) is 5.69 Å². The summed E-state index contributed by atoms with van der Waals surface area (Å²) in [4.78, 5) is 0. The van der Waals surface area contributed by atoms with Crippen LogP contribution in [0.15, 0.2) is 24.3 Å². The highest BCUT2D eigenvalue weighted by Crippen LogP contribution is 2.23. The number of benzene rings is 1. The van der Waals surface area contributed by atoms with Crippen LogP contribution in [0.5, 0.6) is 5.88 Å². The van der Waals surface area contributed by atoms with Gasteiger partial charge in [0, 0.05) is 24.7 Å². The number of hydrogen-bond acceptors (Lipinski definition) is 3. The van der Waals surface area contributed by atoms with Gasteiger partial charge in [-0.2, -0.15) is 5.10 Å². The number of aromatic nitrogens is 2. The van der Waals surface area contributed by atoms with Crippen LogP contribution in [0.4, 0.5) is 8.78 Å². The van der Waals surface area contributed by atoms with Gasteiger partial charge >= 0.3 is 0 Å². The molecule has 0 fully saturated rings. The Morgan fingerprint density at radius 3 is 2.56 bits per heavy atom. The number of aryl methyl sites for hydroxylation is 1. The zero-order valence-electron chi connectivity index (χ0n) is 15.1. The monoisotopic (exact) mass is 373 g/mol. The Bertz CT molecular complexity index is 683. The molecular weight excluding hydrogens is 348 g/mol. The van der Waals surface area contributed by atoms with Crippen LogP contribution in [-0.4, -0.2) is 16.8 Å². The molecule has 0 unspecified atom stereocenters. The summed E-state index contributed by atoms with van der Waals surface area (Å²) in [7, 11) is 1.84. The summed E-state index contributed by atoms with van der Waals surface area (Å²) >= 11 is 0. The van der Waals surface area contributed by atoms with Crippen molar-refractivity contribution in [1.29, 1.82) is 0 Å². The average Bonchev–Trinajstić information content (AvgIpc) is 2.88. The van der Waals surface area contributed by atoms with Crippen molar-refractivity contribution in [2.45, 2.75) is 46.9 Å². The maximum absolute atomic E-state index is 13.7. The van der Waals surface area contributed by atoms with Gasteiger partial charge in [-0.15, -0.1) is 12.4 Å². The molecule has 4 nitrogen and oxygen atoms in total. The highest BCUT2D eigenvalue weighted by molar-refractivity contribution is 5.85. The van der Waals surface area contributed by atoms with Crippen LogP contribution in [0, 0.1) is 17.0 Å². The molecule has 140 valence electrons. The number of hydrogen-bond donors (Lipinski definition) is 1. The normalized spacial score (nSPS) is 11.3. The van der Waals surface area contributed by atoms with Crippen LogP contribution in [0.25, 0.3) is 0 Å². The van der Waals surface area contributed by atoms with Gasteiger partial charge in [0.2, 0.25) is 5.88 Å². The molecule has 0 bridgehead atoms. The molecule has 0 spiro atoms. The fraction of sp³-hybridized carbons (Fsp3) is 0.500. The van der Waals surface area contributed by atoms with Crippen LogP contribution in [0.2, 0.25) is 0 Å². The molecule has 0 radical (unpaired) electrons. The number of rotatable bonds is 7. The first-order valence-electron chi connectivity index (χ1n) is 8.06. The Hall–Kier alpha value is -1.66. The minimum atomic E-state index is -0.480. The zero-order valence-corrected chi connectivity index (χ0v) is 15.9. The fourth-order valence-corrected chi connectivity index (χ4v) is 2.24. The zero-order chi connectivity index (χ0) is 17.7. The average molecular weight is 374 g/mol. The lowest BCUT2D eigenvalue weighted by Crippen LogP contribution is -2.13. The summed E-state index contributed by atoms with van der Waals surface area (Å²) in [5, 5.41) is 7.56. The first kappa shape index (κ1) is 21.4. The highest BCUT2D eigenvalue weighted by Gasteiger charge is 2.15. The predicted octanol–water partition coefficient (Wildman–Crippen LogP) is 4.32. The van der Waals surface area contributed by atoms with Crippen molar-refractivity contribution >= 4 is 12.4 Å². The number of nitrogens with one attached hydrogen (secondary N) is 1. The third-order valence-corrected chi connectivity index (χ3v) is 3.61. The van der Waals surface area contributed by atoms with Gasteiger partial charge in [-0.3, -0.25) is 0 Å². The first-order valence-corrected chi connectivity index (χ1v) is 8.06. The van der Waals surface area contributed by atoms with Crippen molar-refractivity contribution in [1.82, 2.24) is 15.1 Å². The number of halogens is 3. The summed E-state index contributed by atoms with van der Waals surface area (Å²) in [6.45, 7) is 7.76. The maximum atomic E-state index is 13.7. The Morgan fingerprint density at radius 1 is 1.20 bits per heavy atom. The van der Waals surface area contributed by atoms with E-state index in [0.717, 1.165) is 30.3 Å². The summed E-state index contributed by atoms with van der Waals surface area (Å²) < 4.78 is 34.5. The van der Waals surface area contributed by atoms with Gasteiger partial charge in [-0.1, -0.05) is 20.8 Å². The molecular formula is C18H26ClF2N3O. The fourth-order valence-electron chi connectivity index (χ4n) is 2.24. The minimum Gasteiger partial charge on any atom is -0.473 e. The molecule has 2 aromatic rings. The molecule has 0 aliphatic heterocycles. The molecule has 1 aromatic carbocycles. The Labute approximate surface area is 154 Å². The van der Waals surface area contributed by atoms with Crippen molar-refractivity contribution in [2.24, 2.45) is 5.41 Å². The van der Waals surface area contributed by atoms with E-state index >= 15 is 0 Å². The summed E-state index contributed by atoms with van der Waals surface area (Å²) in [6, 6.07) is 5.19. The standard InChI is InChI=1S/C18H25F2N3O.ClH/c1-18(2,3)7-8-23-17(10-15(22-23)11-21-4)24-12-13-9-14(19)5-6-16(13)20;/h5-6,9-10,21H,7-8,11-12H2,1-4H3;1H. The summed E-state index contributed by atoms with van der Waals surface area (Å²) in [6.07, 6.45) is 0.929. The molecule has 0 aliphatic carbocycles. The van der Waals surface area contributed by atoms with E-state index in [4.69, 9.17) is 4.74 Å². The summed E-state index contributed by atoms with van der Waals surface area (Å²) in [5.74, 6) is -0.395. The molecule has 0 amide bonds. The van der Waals surface area contributed by atoms with Crippen LogP contribution in [0.3, 0.4) is 0 Å². The van der Waals surface area contributed by atoms with Gasteiger partial charge in [0.1, 0.15) is 18.2 Å². The van der Waals surface area contributed by atoms with Crippen molar-refractivity contribution in [2.75, 3.05) is 7.05 Å². The quantitative estimate of drug-likeness (QED) is 0.785. The molecule has 25 heavy (non-hydrogen) atoms. The Kier molecular flexibility index (Phi) is 7.83. The van der Waals surface area contributed by atoms with Gasteiger partial charge in [0.25, 0.3) is 0 Å². The number of nitrogens with zero attached hydrogens (tertiary/aromatic N) is 2. The van der Waals surface area contributed by atoms with Crippen molar-refractivity contribution in [3.8, 4) is 5.88 Å². The van der Waals surface area contributed by atoms with Crippen LogP contribution < -0.4 is 10.1 Å². The second kappa shape index (κ2) is 9.15. The third-order valence-electron chi connectivity index (χ3n) is 3.61. The van der Waals surface area contributed by atoms with Crippen molar-refractivity contribution in [3.05, 3.63) is 47.2 Å². The molecule has 2 rings (SSSR count). The lowest BCUT2D eigenvalue weighted by atomic mass is 9.92. The van der Waals surface area contributed by atoms with Crippen LogP contribution in [0.1, 0.15) is 38.4 Å². The smallest absolute Gasteiger partial charge is 0.212 e. The Balaban J connectivity index is 0.00000312. The minimum absolute atomic E-state index is 0. The second-order valence-corrected chi connectivity index (χ2v) is 7.06. The molecule has 0 saturated heterocycles. The van der Waals surface area contributed by atoms with E-state index in [-0.39, 0.29) is 30.0 Å². The van der Waals surface area contributed by atoms with E-state index in [1.807, 2.05) is 13.1 Å². The lowest BCUT2D eigenvalue weighted by Gasteiger charge is -2.18. The Morgan fingerprint density at radius 2 is 1.92 bits per heavy atom. The topological polar surface area (TPSA) is 39.1 Å². The van der Waals surface area contributed by atoms with Crippen LogP contribution in [-0.2, 0) is 19.7 Å². The molecule has 7 heteroatoms. The largest absolute Gasteiger partial charge is 0.473 e. The van der Waals surface area contributed by atoms with Gasteiger partial charge in [0.15, 0.2) is 0 Å². The maximum Gasteiger partial charge on any atom is 0.212 e. The molecule has 0 aliphatic rings. The molecule has 1 heterocycles. The van der Waals surface area contributed by atoms with E-state index in [9.17, 15) is 8.78 Å². The summed E-state index contributed by atoms with van der Waals surface area (Å²) in [5.41, 5.74) is 1.20. The van der Waals surface area contributed by atoms with Crippen LogP contribution >= 0.6 is 12.4 Å². The molecule has 1 N–H and O–H groups in total. The predicted molar refractivity (Wildman–Crippen MR) is 97.0 cm³/mol. The lowest BCUT2D eigenvalue weighted by molar-refractivity contribution is 0.254. The van der Waals surface area contributed by atoms with E-state index < -0.39 is 11.6 Å². The first-order chi connectivity index (χ1) is 11.3. The van der Waals surface area contributed by atoms with Gasteiger partial charge in [-0.25, -0.2) is 13.5 Å². The van der Waals surface area contributed by atoms with Crippen molar-refractivity contribution in [3.63, 3.8) is 0 Å². The SMILES string of the molecule is CNCc1cc(OCc2cc(F)ccc2F)n(CCC(C)(C)C)n1.Cl. The molecule has 0 atom stereocenters. The van der Waals surface area contributed by atoms with Gasteiger partial charge in [-0.05, 0) is 37.1 Å². The number of ether oxygens (including phenoxy) is 1. The highest BCUT2D eigenvalue weighted by atomic mass is 35.5. The van der Waals surface area contributed by atoms with Gasteiger partial charge < -0.3 is 10.1 Å². The van der Waals surface area contributed by atoms with E-state index in [2.05, 4.69) is 31.2 Å². The van der Waals surface area contributed by atoms with E-state index in [1.165, 1.54) is 0 Å². The molecule has 1 aromatic heterocycles. The van der Waals surface area contributed by atoms with Crippen molar-refractivity contribution < 1.29 is 13.5 Å². The van der Waals surface area contributed by atoms with E-state index in [0.29, 0.717) is 19.0 Å².